The lowest BCUT2D eigenvalue weighted by molar-refractivity contribution is 0.181. The normalized spacial score (nSPS) is 22.2. The number of thiophene rings is 1. The number of guanidine groups is 1. The highest BCUT2D eigenvalue weighted by molar-refractivity contribution is 7.10. The minimum Gasteiger partial charge on any atom is -0.381 e. The Hall–Kier alpha value is -1.11. The van der Waals surface area contributed by atoms with Crippen LogP contribution in [0.25, 0.3) is 0 Å². The van der Waals surface area contributed by atoms with Crippen molar-refractivity contribution in [3.8, 4) is 0 Å². The molecule has 128 valence electrons. The predicted molar refractivity (Wildman–Crippen MR) is 96.2 cm³/mol. The standard InChI is InChI=1S/C17H28N4OS/c1-18-17(20(2)11-14-4-9-22-13-14)19-6-8-21-7-3-16-15(12-21)5-10-23-16/h5,10,14H,3-4,6-9,11-13H2,1-2H3,(H,18,19). The van der Waals surface area contributed by atoms with Crippen molar-refractivity contribution in [2.45, 2.75) is 19.4 Å². The molecular formula is C17H28N4OS. The molecule has 1 unspecified atom stereocenters. The number of fused-ring (bicyclic) bond motifs is 1. The lowest BCUT2D eigenvalue weighted by Crippen LogP contribution is -2.44. The average molecular weight is 337 g/mol. The van der Waals surface area contributed by atoms with Crippen molar-refractivity contribution in [2.24, 2.45) is 10.9 Å². The molecule has 1 aromatic heterocycles. The van der Waals surface area contributed by atoms with E-state index < -0.39 is 0 Å². The highest BCUT2D eigenvalue weighted by Crippen LogP contribution is 2.23. The predicted octanol–water partition coefficient (Wildman–Crippen LogP) is 1.65. The topological polar surface area (TPSA) is 40.1 Å². The van der Waals surface area contributed by atoms with Crippen molar-refractivity contribution in [1.82, 2.24) is 15.1 Å². The number of nitrogens with one attached hydrogen (secondary N) is 1. The Morgan fingerprint density at radius 1 is 1.57 bits per heavy atom. The summed E-state index contributed by atoms with van der Waals surface area (Å²) in [6, 6.07) is 2.27. The first-order valence-electron chi connectivity index (χ1n) is 8.53. The summed E-state index contributed by atoms with van der Waals surface area (Å²) in [7, 11) is 3.98. The molecule has 0 aromatic carbocycles. The average Bonchev–Trinajstić information content (AvgIpc) is 3.22. The third-order valence-corrected chi connectivity index (χ3v) is 5.75. The molecule has 0 bridgehead atoms. The molecule has 1 saturated heterocycles. The number of ether oxygens (including phenoxy) is 1. The molecule has 6 heteroatoms. The van der Waals surface area contributed by atoms with Gasteiger partial charge in [-0.3, -0.25) is 9.89 Å². The molecule has 1 aromatic rings. The minimum absolute atomic E-state index is 0.637. The van der Waals surface area contributed by atoms with E-state index in [2.05, 4.69) is 38.6 Å². The van der Waals surface area contributed by atoms with Gasteiger partial charge in [0.25, 0.3) is 0 Å². The molecule has 1 N–H and O–H groups in total. The Kier molecular flexibility index (Phi) is 5.91. The maximum atomic E-state index is 5.46. The summed E-state index contributed by atoms with van der Waals surface area (Å²) in [5, 5.41) is 5.72. The molecule has 0 amide bonds. The van der Waals surface area contributed by atoms with Gasteiger partial charge < -0.3 is 15.0 Å². The second-order valence-electron chi connectivity index (χ2n) is 6.48. The van der Waals surface area contributed by atoms with Gasteiger partial charge in [0.2, 0.25) is 0 Å². The van der Waals surface area contributed by atoms with Gasteiger partial charge in [-0.05, 0) is 29.9 Å². The molecule has 0 radical (unpaired) electrons. The number of aliphatic imine (C=N–C) groups is 1. The quantitative estimate of drug-likeness (QED) is 0.656. The molecule has 0 spiro atoms. The number of hydrogen-bond acceptors (Lipinski definition) is 4. The molecular weight excluding hydrogens is 308 g/mol. The van der Waals surface area contributed by atoms with E-state index in [-0.39, 0.29) is 0 Å². The van der Waals surface area contributed by atoms with E-state index in [1.807, 2.05) is 18.4 Å². The van der Waals surface area contributed by atoms with Crippen molar-refractivity contribution in [3.05, 3.63) is 21.9 Å². The largest absolute Gasteiger partial charge is 0.381 e. The highest BCUT2D eigenvalue weighted by Gasteiger charge is 2.20. The molecule has 2 aliphatic heterocycles. The molecule has 3 heterocycles. The van der Waals surface area contributed by atoms with Crippen LogP contribution < -0.4 is 5.32 Å². The molecule has 0 aliphatic carbocycles. The zero-order chi connectivity index (χ0) is 16.1. The fraction of sp³-hybridized carbons (Fsp3) is 0.706. The number of nitrogens with zero attached hydrogens (tertiary/aromatic N) is 3. The van der Waals surface area contributed by atoms with Crippen LogP contribution in [0.3, 0.4) is 0 Å². The lowest BCUT2D eigenvalue weighted by atomic mass is 10.1. The van der Waals surface area contributed by atoms with Gasteiger partial charge in [0, 0.05) is 64.2 Å². The van der Waals surface area contributed by atoms with Gasteiger partial charge >= 0.3 is 0 Å². The van der Waals surface area contributed by atoms with Gasteiger partial charge in [-0.15, -0.1) is 11.3 Å². The SMILES string of the molecule is CN=C(NCCN1CCc2sccc2C1)N(C)CC1CCOC1. The highest BCUT2D eigenvalue weighted by atomic mass is 32.1. The van der Waals surface area contributed by atoms with Crippen LogP contribution >= 0.6 is 11.3 Å². The molecule has 2 aliphatic rings. The van der Waals surface area contributed by atoms with Gasteiger partial charge in [-0.25, -0.2) is 0 Å². The van der Waals surface area contributed by atoms with Crippen LogP contribution in [0.2, 0.25) is 0 Å². The Morgan fingerprint density at radius 3 is 3.26 bits per heavy atom. The summed E-state index contributed by atoms with van der Waals surface area (Å²) in [4.78, 5) is 10.7. The Morgan fingerprint density at radius 2 is 2.48 bits per heavy atom. The first-order valence-corrected chi connectivity index (χ1v) is 9.41. The van der Waals surface area contributed by atoms with E-state index in [1.54, 1.807) is 4.88 Å². The zero-order valence-electron chi connectivity index (χ0n) is 14.3. The van der Waals surface area contributed by atoms with Gasteiger partial charge in [0.05, 0.1) is 6.61 Å². The third-order valence-electron chi connectivity index (χ3n) is 4.73. The third kappa shape index (κ3) is 4.46. The van der Waals surface area contributed by atoms with Crippen LogP contribution in [0.5, 0.6) is 0 Å². The summed E-state index contributed by atoms with van der Waals surface area (Å²) < 4.78 is 5.46. The van der Waals surface area contributed by atoms with Gasteiger partial charge in [0.15, 0.2) is 5.96 Å². The van der Waals surface area contributed by atoms with Crippen LogP contribution in [-0.4, -0.2) is 69.2 Å². The van der Waals surface area contributed by atoms with E-state index in [0.717, 1.165) is 51.8 Å². The first-order chi connectivity index (χ1) is 11.3. The lowest BCUT2D eigenvalue weighted by Gasteiger charge is -2.28. The molecule has 3 rings (SSSR count). The fourth-order valence-electron chi connectivity index (χ4n) is 3.41. The molecule has 23 heavy (non-hydrogen) atoms. The summed E-state index contributed by atoms with van der Waals surface area (Å²) in [5.74, 6) is 1.63. The van der Waals surface area contributed by atoms with Crippen LogP contribution in [0.1, 0.15) is 16.9 Å². The fourth-order valence-corrected chi connectivity index (χ4v) is 4.30. The summed E-state index contributed by atoms with van der Waals surface area (Å²) in [5.41, 5.74) is 1.52. The van der Waals surface area contributed by atoms with Crippen molar-refractivity contribution in [3.63, 3.8) is 0 Å². The molecule has 1 fully saturated rings. The molecule has 5 nitrogen and oxygen atoms in total. The van der Waals surface area contributed by atoms with E-state index in [0.29, 0.717) is 5.92 Å². The van der Waals surface area contributed by atoms with Crippen LogP contribution in [-0.2, 0) is 17.7 Å². The van der Waals surface area contributed by atoms with Crippen LogP contribution in [0.15, 0.2) is 16.4 Å². The van der Waals surface area contributed by atoms with Crippen LogP contribution in [0, 0.1) is 5.92 Å². The second kappa shape index (κ2) is 8.13. The zero-order valence-corrected chi connectivity index (χ0v) is 15.1. The molecule has 0 saturated carbocycles. The first kappa shape index (κ1) is 16.7. The Balaban J connectivity index is 1.40. The summed E-state index contributed by atoms with van der Waals surface area (Å²) in [6.07, 6.45) is 2.36. The van der Waals surface area contributed by atoms with E-state index >= 15 is 0 Å². The van der Waals surface area contributed by atoms with Crippen molar-refractivity contribution >= 4 is 17.3 Å². The van der Waals surface area contributed by atoms with E-state index in [1.165, 1.54) is 18.5 Å². The van der Waals surface area contributed by atoms with Gasteiger partial charge in [-0.1, -0.05) is 0 Å². The Labute approximate surface area is 143 Å². The van der Waals surface area contributed by atoms with Crippen molar-refractivity contribution in [2.75, 3.05) is 53.5 Å². The summed E-state index contributed by atoms with van der Waals surface area (Å²) in [6.45, 7) is 7.08. The van der Waals surface area contributed by atoms with Crippen molar-refractivity contribution in [1.29, 1.82) is 0 Å². The number of rotatable bonds is 5. The Bertz CT molecular complexity index is 524. The monoisotopic (exact) mass is 336 g/mol. The molecule has 1 atom stereocenters. The van der Waals surface area contributed by atoms with Gasteiger partial charge in [0.1, 0.15) is 0 Å². The summed E-state index contributed by atoms with van der Waals surface area (Å²) >= 11 is 1.90. The van der Waals surface area contributed by atoms with Crippen LogP contribution in [0.4, 0.5) is 0 Å². The second-order valence-corrected chi connectivity index (χ2v) is 7.48. The number of hydrogen-bond donors (Lipinski definition) is 1. The van der Waals surface area contributed by atoms with E-state index in [4.69, 9.17) is 4.74 Å². The van der Waals surface area contributed by atoms with Crippen molar-refractivity contribution < 1.29 is 4.74 Å². The maximum absolute atomic E-state index is 5.46. The smallest absolute Gasteiger partial charge is 0.193 e. The van der Waals surface area contributed by atoms with E-state index in [9.17, 15) is 0 Å². The minimum atomic E-state index is 0.637. The maximum Gasteiger partial charge on any atom is 0.193 e. The van der Waals surface area contributed by atoms with Gasteiger partial charge in [-0.2, -0.15) is 0 Å².